The summed E-state index contributed by atoms with van der Waals surface area (Å²) in [5, 5.41) is 3.10. The van der Waals surface area contributed by atoms with Crippen molar-refractivity contribution < 1.29 is 0 Å². The van der Waals surface area contributed by atoms with Gasteiger partial charge in [0, 0.05) is 34.6 Å². The molecule has 6 heteroatoms. The Balaban J connectivity index is 0.00000200. The number of nitrogens with zero attached hydrogens (tertiary/aromatic N) is 2. The number of nitrogens with one attached hydrogen (secondary N) is 1. The summed E-state index contributed by atoms with van der Waals surface area (Å²) in [4.78, 5) is 11.1. The first kappa shape index (κ1) is 16.9. The van der Waals surface area contributed by atoms with Crippen molar-refractivity contribution in [1.29, 1.82) is 0 Å². The van der Waals surface area contributed by atoms with E-state index in [0.29, 0.717) is 12.5 Å². The molecule has 3 N–H and O–H groups in total. The van der Waals surface area contributed by atoms with Crippen LogP contribution >= 0.6 is 35.3 Å². The molecule has 0 aromatic carbocycles. The molecule has 0 fully saturated rings. The number of hydrogen-bond acceptors (Lipinski definition) is 3. The summed E-state index contributed by atoms with van der Waals surface area (Å²) in [6.07, 6.45) is 2.64. The molecule has 2 aromatic heterocycles. The van der Waals surface area contributed by atoms with E-state index in [1.807, 2.05) is 18.2 Å². The van der Waals surface area contributed by atoms with Crippen LogP contribution in [0.1, 0.15) is 15.4 Å². The molecule has 2 heterocycles. The maximum absolute atomic E-state index is 5.82. The molecule has 0 amide bonds. The Hall–Kier alpha value is -1.15. The minimum Gasteiger partial charge on any atom is -0.370 e. The van der Waals surface area contributed by atoms with Crippen LogP contribution in [-0.2, 0) is 13.0 Å². The lowest BCUT2D eigenvalue weighted by Crippen LogP contribution is -2.33. The standard InChI is InChI=1S/C14H18N4S.HI/c1-11-5-6-13(19-11)10-18-14(15)17-9-7-12-4-2-3-8-16-12;/h2-6,8H,7,9-10H2,1H3,(H3,15,17,18);1H. The van der Waals surface area contributed by atoms with E-state index >= 15 is 0 Å². The van der Waals surface area contributed by atoms with Crippen LogP contribution < -0.4 is 11.1 Å². The number of guanidine groups is 1. The third-order valence-corrected chi connectivity index (χ3v) is 3.60. The van der Waals surface area contributed by atoms with E-state index in [9.17, 15) is 0 Å². The van der Waals surface area contributed by atoms with Crippen molar-refractivity contribution in [3.05, 3.63) is 52.0 Å². The Kier molecular flexibility index (Phi) is 7.53. The van der Waals surface area contributed by atoms with Crippen molar-refractivity contribution >= 4 is 41.3 Å². The summed E-state index contributed by atoms with van der Waals surface area (Å²) in [7, 11) is 0. The van der Waals surface area contributed by atoms with E-state index in [-0.39, 0.29) is 24.0 Å². The third-order valence-electron chi connectivity index (χ3n) is 2.61. The van der Waals surface area contributed by atoms with E-state index in [1.54, 1.807) is 17.5 Å². The SMILES string of the molecule is Cc1ccc(CN=C(N)NCCc2ccccn2)s1.I. The lowest BCUT2D eigenvalue weighted by Gasteiger charge is -2.04. The molecule has 0 bridgehead atoms. The van der Waals surface area contributed by atoms with Gasteiger partial charge in [0.15, 0.2) is 5.96 Å². The zero-order chi connectivity index (χ0) is 13.5. The number of halogens is 1. The lowest BCUT2D eigenvalue weighted by atomic mass is 10.3. The maximum Gasteiger partial charge on any atom is 0.188 e. The number of rotatable bonds is 5. The minimum atomic E-state index is 0. The summed E-state index contributed by atoms with van der Waals surface area (Å²) in [6, 6.07) is 10.1. The van der Waals surface area contributed by atoms with Crippen LogP contribution in [-0.4, -0.2) is 17.5 Å². The van der Waals surface area contributed by atoms with E-state index in [1.165, 1.54) is 9.75 Å². The Morgan fingerprint density at radius 1 is 1.35 bits per heavy atom. The number of hydrogen-bond donors (Lipinski definition) is 2. The minimum absolute atomic E-state index is 0. The van der Waals surface area contributed by atoms with Gasteiger partial charge >= 0.3 is 0 Å². The Morgan fingerprint density at radius 2 is 2.20 bits per heavy atom. The van der Waals surface area contributed by atoms with Gasteiger partial charge in [0.25, 0.3) is 0 Å². The van der Waals surface area contributed by atoms with Gasteiger partial charge in [-0.3, -0.25) is 4.98 Å². The first-order chi connectivity index (χ1) is 9.24. The van der Waals surface area contributed by atoms with Crippen molar-refractivity contribution in [2.24, 2.45) is 10.7 Å². The highest BCUT2D eigenvalue weighted by molar-refractivity contribution is 14.0. The summed E-state index contributed by atoms with van der Waals surface area (Å²) >= 11 is 1.75. The molecular formula is C14H19IN4S. The third kappa shape index (κ3) is 5.87. The normalized spacial score (nSPS) is 10.9. The second-order valence-corrected chi connectivity index (χ2v) is 5.58. The van der Waals surface area contributed by atoms with Crippen LogP contribution in [0.2, 0.25) is 0 Å². The molecule has 20 heavy (non-hydrogen) atoms. The summed E-state index contributed by atoms with van der Waals surface area (Å²) in [6.45, 7) is 3.48. The van der Waals surface area contributed by atoms with Gasteiger partial charge in [-0.25, -0.2) is 4.99 Å². The van der Waals surface area contributed by atoms with Gasteiger partial charge < -0.3 is 11.1 Å². The highest BCUT2D eigenvalue weighted by Gasteiger charge is 1.97. The summed E-state index contributed by atoms with van der Waals surface area (Å²) in [5.41, 5.74) is 6.87. The molecule has 0 unspecified atom stereocenters. The molecule has 0 aliphatic carbocycles. The Labute approximate surface area is 140 Å². The van der Waals surface area contributed by atoms with Gasteiger partial charge in [0.1, 0.15) is 0 Å². The van der Waals surface area contributed by atoms with Gasteiger partial charge in [-0.05, 0) is 31.2 Å². The number of aromatic nitrogens is 1. The van der Waals surface area contributed by atoms with Crippen molar-refractivity contribution in [3.63, 3.8) is 0 Å². The summed E-state index contributed by atoms with van der Waals surface area (Å²) < 4.78 is 0. The molecular weight excluding hydrogens is 383 g/mol. The number of thiophene rings is 1. The fourth-order valence-electron chi connectivity index (χ4n) is 1.65. The number of pyridine rings is 1. The van der Waals surface area contributed by atoms with Crippen molar-refractivity contribution in [1.82, 2.24) is 10.3 Å². The van der Waals surface area contributed by atoms with Gasteiger partial charge in [0.05, 0.1) is 6.54 Å². The first-order valence-corrected chi connectivity index (χ1v) is 7.05. The van der Waals surface area contributed by atoms with Crippen LogP contribution in [0.15, 0.2) is 41.5 Å². The fraction of sp³-hybridized carbons (Fsp3) is 0.286. The predicted molar refractivity (Wildman–Crippen MR) is 95.7 cm³/mol. The first-order valence-electron chi connectivity index (χ1n) is 6.23. The summed E-state index contributed by atoms with van der Waals surface area (Å²) in [5.74, 6) is 0.488. The van der Waals surface area contributed by atoms with Crippen molar-refractivity contribution in [2.75, 3.05) is 6.54 Å². The van der Waals surface area contributed by atoms with Crippen LogP contribution in [0.3, 0.4) is 0 Å². The molecule has 0 aliphatic heterocycles. The molecule has 2 aromatic rings. The van der Waals surface area contributed by atoms with E-state index < -0.39 is 0 Å². The zero-order valence-electron chi connectivity index (χ0n) is 11.4. The lowest BCUT2D eigenvalue weighted by molar-refractivity contribution is 0.828. The monoisotopic (exact) mass is 402 g/mol. The second kappa shape index (κ2) is 8.91. The zero-order valence-corrected chi connectivity index (χ0v) is 14.5. The largest absolute Gasteiger partial charge is 0.370 e. The molecule has 2 rings (SSSR count). The van der Waals surface area contributed by atoms with Gasteiger partial charge in [-0.2, -0.15) is 0 Å². The molecule has 0 saturated heterocycles. The molecule has 0 atom stereocenters. The molecule has 0 radical (unpaired) electrons. The van der Waals surface area contributed by atoms with E-state index in [2.05, 4.69) is 34.3 Å². The number of nitrogens with two attached hydrogens (primary N) is 1. The number of aliphatic imine (C=N–C) groups is 1. The van der Waals surface area contributed by atoms with Gasteiger partial charge in [-0.1, -0.05) is 6.07 Å². The predicted octanol–water partition coefficient (Wildman–Crippen LogP) is 2.72. The molecule has 0 saturated carbocycles. The highest BCUT2D eigenvalue weighted by atomic mass is 127. The Morgan fingerprint density at radius 3 is 2.85 bits per heavy atom. The van der Waals surface area contributed by atoms with Crippen LogP contribution in [0.25, 0.3) is 0 Å². The molecule has 108 valence electrons. The quantitative estimate of drug-likeness (QED) is 0.459. The topological polar surface area (TPSA) is 63.3 Å². The Bertz CT molecular complexity index is 539. The molecule has 0 spiro atoms. The van der Waals surface area contributed by atoms with Gasteiger partial charge in [0.2, 0.25) is 0 Å². The van der Waals surface area contributed by atoms with Crippen molar-refractivity contribution in [2.45, 2.75) is 19.9 Å². The second-order valence-electron chi connectivity index (χ2n) is 4.21. The van der Waals surface area contributed by atoms with Crippen LogP contribution in [0.4, 0.5) is 0 Å². The number of aryl methyl sites for hydroxylation is 1. The average molecular weight is 402 g/mol. The van der Waals surface area contributed by atoms with Crippen LogP contribution in [0, 0.1) is 6.92 Å². The smallest absolute Gasteiger partial charge is 0.188 e. The molecule has 0 aliphatic rings. The molecule has 4 nitrogen and oxygen atoms in total. The fourth-order valence-corrected chi connectivity index (χ4v) is 2.47. The highest BCUT2D eigenvalue weighted by Crippen LogP contribution is 2.15. The van der Waals surface area contributed by atoms with Crippen molar-refractivity contribution in [3.8, 4) is 0 Å². The maximum atomic E-state index is 5.82. The van der Waals surface area contributed by atoms with Crippen LogP contribution in [0.5, 0.6) is 0 Å². The van der Waals surface area contributed by atoms with E-state index in [0.717, 1.165) is 18.7 Å². The average Bonchev–Trinajstić information content (AvgIpc) is 2.83. The van der Waals surface area contributed by atoms with E-state index in [4.69, 9.17) is 5.73 Å². The van der Waals surface area contributed by atoms with Gasteiger partial charge in [-0.15, -0.1) is 35.3 Å².